The van der Waals surface area contributed by atoms with Crippen LogP contribution < -0.4 is 0 Å². The summed E-state index contributed by atoms with van der Waals surface area (Å²) in [4.78, 5) is 1.24. The Kier molecular flexibility index (Phi) is 3.50. The molecule has 1 aromatic rings. The van der Waals surface area contributed by atoms with Gasteiger partial charge in [-0.25, -0.2) is 0 Å². The molecule has 0 radical (unpaired) electrons. The lowest BCUT2D eigenvalue weighted by Gasteiger charge is -2.07. The Balaban J connectivity index is 2.36. The van der Waals surface area contributed by atoms with E-state index in [4.69, 9.17) is 0 Å². The normalized spacial score (nSPS) is 12.8. The van der Waals surface area contributed by atoms with Crippen molar-refractivity contribution in [2.45, 2.75) is 25.9 Å². The Labute approximate surface area is 77.4 Å². The third kappa shape index (κ3) is 3.20. The molecule has 1 nitrogen and oxygen atoms in total. The molecule has 1 unspecified atom stereocenters. The largest absolute Gasteiger partial charge is 0.392 e. The van der Waals surface area contributed by atoms with Crippen LogP contribution in [0.4, 0.5) is 0 Å². The summed E-state index contributed by atoms with van der Waals surface area (Å²) in [5.74, 6) is 0. The standard InChI is InChI=1S/C10H14OS/c1-8(2)6-9(11)7-10-4-3-5-12-10/h3-5,9,11H,1,6-7H2,2H3. The number of hydrogen-bond donors (Lipinski definition) is 1. The molecule has 12 heavy (non-hydrogen) atoms. The van der Waals surface area contributed by atoms with Crippen LogP contribution in [-0.2, 0) is 6.42 Å². The topological polar surface area (TPSA) is 20.2 Å². The maximum Gasteiger partial charge on any atom is 0.0625 e. The van der Waals surface area contributed by atoms with Crippen LogP contribution in [0.3, 0.4) is 0 Å². The summed E-state index contributed by atoms with van der Waals surface area (Å²) in [7, 11) is 0. The molecule has 1 aromatic heterocycles. The van der Waals surface area contributed by atoms with Gasteiger partial charge in [-0.05, 0) is 24.8 Å². The van der Waals surface area contributed by atoms with Crippen molar-refractivity contribution in [3.8, 4) is 0 Å². The zero-order valence-electron chi connectivity index (χ0n) is 7.29. The van der Waals surface area contributed by atoms with Crippen LogP contribution in [0.15, 0.2) is 29.7 Å². The van der Waals surface area contributed by atoms with Crippen molar-refractivity contribution in [1.82, 2.24) is 0 Å². The highest BCUT2D eigenvalue weighted by Gasteiger charge is 2.05. The average molecular weight is 182 g/mol. The van der Waals surface area contributed by atoms with Gasteiger partial charge in [0, 0.05) is 11.3 Å². The first-order chi connectivity index (χ1) is 5.68. The first-order valence-electron chi connectivity index (χ1n) is 4.03. The van der Waals surface area contributed by atoms with Crippen molar-refractivity contribution in [3.05, 3.63) is 34.5 Å². The molecule has 0 spiro atoms. The van der Waals surface area contributed by atoms with E-state index in [1.165, 1.54) is 4.88 Å². The fourth-order valence-corrected chi connectivity index (χ4v) is 1.91. The van der Waals surface area contributed by atoms with Gasteiger partial charge >= 0.3 is 0 Å². The fourth-order valence-electron chi connectivity index (χ4n) is 1.14. The van der Waals surface area contributed by atoms with Crippen molar-refractivity contribution in [2.24, 2.45) is 0 Å². The molecule has 0 amide bonds. The molecule has 0 fully saturated rings. The maximum atomic E-state index is 9.54. The fraction of sp³-hybridized carbons (Fsp3) is 0.400. The Morgan fingerprint density at radius 3 is 3.00 bits per heavy atom. The molecule has 1 heterocycles. The number of thiophene rings is 1. The van der Waals surface area contributed by atoms with Gasteiger partial charge in [-0.2, -0.15) is 0 Å². The SMILES string of the molecule is C=C(C)CC(O)Cc1cccs1. The van der Waals surface area contributed by atoms with Gasteiger partial charge < -0.3 is 5.11 Å². The average Bonchev–Trinajstić information content (AvgIpc) is 2.37. The lowest BCUT2D eigenvalue weighted by Crippen LogP contribution is -2.09. The molecule has 0 bridgehead atoms. The Bertz CT molecular complexity index is 238. The number of aliphatic hydroxyl groups is 1. The Hall–Kier alpha value is -0.600. The summed E-state index contributed by atoms with van der Waals surface area (Å²) in [6, 6.07) is 4.06. The first-order valence-corrected chi connectivity index (χ1v) is 4.91. The molecule has 0 aromatic carbocycles. The van der Waals surface area contributed by atoms with Crippen LogP contribution in [-0.4, -0.2) is 11.2 Å². The van der Waals surface area contributed by atoms with E-state index in [1.807, 2.05) is 24.4 Å². The number of rotatable bonds is 4. The summed E-state index contributed by atoms with van der Waals surface area (Å²) in [6.07, 6.45) is 1.20. The minimum atomic E-state index is -0.263. The molecule has 2 heteroatoms. The van der Waals surface area contributed by atoms with Crippen LogP contribution in [0.2, 0.25) is 0 Å². The lowest BCUT2D eigenvalue weighted by molar-refractivity contribution is 0.176. The van der Waals surface area contributed by atoms with E-state index >= 15 is 0 Å². The first kappa shape index (κ1) is 9.49. The number of hydrogen-bond acceptors (Lipinski definition) is 2. The Morgan fingerprint density at radius 2 is 2.50 bits per heavy atom. The van der Waals surface area contributed by atoms with Gasteiger partial charge in [0.25, 0.3) is 0 Å². The third-order valence-corrected chi connectivity index (χ3v) is 2.50. The van der Waals surface area contributed by atoms with Crippen LogP contribution >= 0.6 is 11.3 Å². The molecule has 0 saturated carbocycles. The van der Waals surface area contributed by atoms with E-state index in [0.717, 1.165) is 12.0 Å². The van der Waals surface area contributed by atoms with Gasteiger partial charge in [0.05, 0.1) is 6.10 Å². The third-order valence-electron chi connectivity index (χ3n) is 1.60. The number of aliphatic hydroxyl groups excluding tert-OH is 1. The van der Waals surface area contributed by atoms with E-state index in [1.54, 1.807) is 11.3 Å². The van der Waals surface area contributed by atoms with Gasteiger partial charge in [-0.15, -0.1) is 17.9 Å². The second kappa shape index (κ2) is 4.43. The van der Waals surface area contributed by atoms with Crippen LogP contribution in [0.5, 0.6) is 0 Å². The van der Waals surface area contributed by atoms with Crippen LogP contribution in [0.25, 0.3) is 0 Å². The van der Waals surface area contributed by atoms with Crippen molar-refractivity contribution in [2.75, 3.05) is 0 Å². The molecule has 0 saturated heterocycles. The van der Waals surface area contributed by atoms with Crippen LogP contribution in [0.1, 0.15) is 18.2 Å². The highest BCUT2D eigenvalue weighted by Crippen LogP contribution is 2.14. The van der Waals surface area contributed by atoms with E-state index in [9.17, 15) is 5.11 Å². The molecule has 0 aliphatic carbocycles. The minimum absolute atomic E-state index is 0.263. The lowest BCUT2D eigenvalue weighted by atomic mass is 10.1. The van der Waals surface area contributed by atoms with E-state index < -0.39 is 0 Å². The second-order valence-corrected chi connectivity index (χ2v) is 4.13. The monoisotopic (exact) mass is 182 g/mol. The summed E-state index contributed by atoms with van der Waals surface area (Å²) in [6.45, 7) is 5.71. The van der Waals surface area contributed by atoms with Gasteiger partial charge in [-0.3, -0.25) is 0 Å². The van der Waals surface area contributed by atoms with E-state index in [2.05, 4.69) is 6.58 Å². The van der Waals surface area contributed by atoms with Gasteiger partial charge in [0.1, 0.15) is 0 Å². The summed E-state index contributed by atoms with van der Waals surface area (Å²) in [5, 5.41) is 11.6. The predicted octanol–water partition coefficient (Wildman–Crippen LogP) is 2.62. The highest BCUT2D eigenvalue weighted by molar-refractivity contribution is 7.09. The summed E-state index contributed by atoms with van der Waals surface area (Å²) < 4.78 is 0. The second-order valence-electron chi connectivity index (χ2n) is 3.10. The summed E-state index contributed by atoms with van der Waals surface area (Å²) in [5.41, 5.74) is 1.04. The van der Waals surface area contributed by atoms with Gasteiger partial charge in [0.15, 0.2) is 0 Å². The molecule has 1 N–H and O–H groups in total. The molecule has 66 valence electrons. The van der Waals surface area contributed by atoms with E-state index in [-0.39, 0.29) is 6.10 Å². The van der Waals surface area contributed by atoms with Crippen molar-refractivity contribution >= 4 is 11.3 Å². The molecular formula is C10H14OS. The highest BCUT2D eigenvalue weighted by atomic mass is 32.1. The molecular weight excluding hydrogens is 168 g/mol. The predicted molar refractivity (Wildman–Crippen MR) is 53.5 cm³/mol. The molecule has 0 aliphatic rings. The van der Waals surface area contributed by atoms with Crippen molar-refractivity contribution < 1.29 is 5.11 Å². The van der Waals surface area contributed by atoms with E-state index in [0.29, 0.717) is 6.42 Å². The van der Waals surface area contributed by atoms with Crippen LogP contribution in [0, 0.1) is 0 Å². The quantitative estimate of drug-likeness (QED) is 0.710. The molecule has 1 atom stereocenters. The Morgan fingerprint density at radius 1 is 1.75 bits per heavy atom. The zero-order valence-corrected chi connectivity index (χ0v) is 8.10. The molecule has 0 aliphatic heterocycles. The summed E-state index contributed by atoms with van der Waals surface area (Å²) >= 11 is 1.69. The van der Waals surface area contributed by atoms with Gasteiger partial charge in [-0.1, -0.05) is 11.6 Å². The van der Waals surface area contributed by atoms with Gasteiger partial charge in [0.2, 0.25) is 0 Å². The van der Waals surface area contributed by atoms with Crippen molar-refractivity contribution in [3.63, 3.8) is 0 Å². The maximum absolute atomic E-state index is 9.54. The minimum Gasteiger partial charge on any atom is -0.392 e. The molecule has 1 rings (SSSR count). The zero-order chi connectivity index (χ0) is 8.97. The smallest absolute Gasteiger partial charge is 0.0625 e. The van der Waals surface area contributed by atoms with Crippen molar-refractivity contribution in [1.29, 1.82) is 0 Å².